The van der Waals surface area contributed by atoms with Crippen LogP contribution in [0.5, 0.6) is 17.2 Å². The zero-order valence-corrected chi connectivity index (χ0v) is 19.3. The molecule has 0 heterocycles. The lowest BCUT2D eigenvalue weighted by atomic mass is 10.1. The van der Waals surface area contributed by atoms with Crippen molar-refractivity contribution in [2.45, 2.75) is 71.8 Å². The first-order valence-corrected chi connectivity index (χ1v) is 11.4. The van der Waals surface area contributed by atoms with Crippen LogP contribution >= 0.6 is 0 Å². The molecule has 0 saturated carbocycles. The summed E-state index contributed by atoms with van der Waals surface area (Å²) in [5.41, 5.74) is 0.316. The number of hydrogen-bond donors (Lipinski definition) is 1. The van der Waals surface area contributed by atoms with E-state index in [1.807, 2.05) is 13.8 Å². The highest BCUT2D eigenvalue weighted by Gasteiger charge is 2.16. The maximum absolute atomic E-state index is 12.5. The standard InChI is InChI=1S/C26H34O6/c1-4-6-8-9-10-19(3)31-21-13-11-20(12-14-21)25(28)32-22-15-16-24(27)23(18-22)26(29)30-17-7-5-2/h11-16,18-19,27H,4-10,17H2,1-3H3/t19-/m1/s1. The van der Waals surface area contributed by atoms with Gasteiger partial charge < -0.3 is 19.3 Å². The second kappa shape index (κ2) is 13.4. The minimum absolute atomic E-state index is 0.0388. The molecule has 6 nitrogen and oxygen atoms in total. The Morgan fingerprint density at radius 1 is 0.875 bits per heavy atom. The highest BCUT2D eigenvalue weighted by Crippen LogP contribution is 2.25. The summed E-state index contributed by atoms with van der Waals surface area (Å²) < 4.78 is 16.4. The first-order valence-electron chi connectivity index (χ1n) is 11.4. The Kier molecular flexibility index (Phi) is 10.6. The zero-order chi connectivity index (χ0) is 23.3. The van der Waals surface area contributed by atoms with Gasteiger partial charge in [-0.1, -0.05) is 39.5 Å². The van der Waals surface area contributed by atoms with E-state index < -0.39 is 11.9 Å². The molecule has 0 radical (unpaired) electrons. The van der Waals surface area contributed by atoms with Gasteiger partial charge >= 0.3 is 11.9 Å². The average Bonchev–Trinajstić information content (AvgIpc) is 2.78. The van der Waals surface area contributed by atoms with E-state index in [9.17, 15) is 14.7 Å². The third kappa shape index (κ3) is 8.25. The fraction of sp³-hybridized carbons (Fsp3) is 0.462. The Morgan fingerprint density at radius 2 is 1.56 bits per heavy atom. The van der Waals surface area contributed by atoms with Gasteiger partial charge in [-0.25, -0.2) is 9.59 Å². The summed E-state index contributed by atoms with van der Waals surface area (Å²) in [7, 11) is 0. The van der Waals surface area contributed by atoms with Crippen LogP contribution in [0.25, 0.3) is 0 Å². The van der Waals surface area contributed by atoms with Gasteiger partial charge in [0.15, 0.2) is 0 Å². The van der Waals surface area contributed by atoms with E-state index in [4.69, 9.17) is 14.2 Å². The summed E-state index contributed by atoms with van der Waals surface area (Å²) in [5.74, 6) is -0.599. The molecule has 2 rings (SSSR count). The fourth-order valence-electron chi connectivity index (χ4n) is 3.11. The average molecular weight is 443 g/mol. The van der Waals surface area contributed by atoms with Gasteiger partial charge in [-0.15, -0.1) is 0 Å². The Morgan fingerprint density at radius 3 is 2.25 bits per heavy atom. The predicted octanol–water partition coefficient (Wildman–Crippen LogP) is 6.31. The summed E-state index contributed by atoms with van der Waals surface area (Å²) >= 11 is 0. The fourth-order valence-corrected chi connectivity index (χ4v) is 3.11. The van der Waals surface area contributed by atoms with E-state index in [0.717, 1.165) is 25.7 Å². The molecule has 0 amide bonds. The predicted molar refractivity (Wildman–Crippen MR) is 124 cm³/mol. The van der Waals surface area contributed by atoms with Gasteiger partial charge in [-0.3, -0.25) is 0 Å². The van der Waals surface area contributed by atoms with Crippen molar-refractivity contribution in [2.75, 3.05) is 6.61 Å². The van der Waals surface area contributed by atoms with E-state index in [-0.39, 0.29) is 29.8 Å². The third-order valence-corrected chi connectivity index (χ3v) is 5.02. The maximum Gasteiger partial charge on any atom is 0.343 e. The van der Waals surface area contributed by atoms with Gasteiger partial charge in [-0.2, -0.15) is 0 Å². The van der Waals surface area contributed by atoms with Crippen molar-refractivity contribution in [3.63, 3.8) is 0 Å². The van der Waals surface area contributed by atoms with Crippen molar-refractivity contribution < 1.29 is 28.9 Å². The topological polar surface area (TPSA) is 82.1 Å². The van der Waals surface area contributed by atoms with Crippen LogP contribution in [0.1, 0.15) is 86.4 Å². The summed E-state index contributed by atoms with van der Waals surface area (Å²) in [6, 6.07) is 10.8. The number of unbranched alkanes of at least 4 members (excludes halogenated alkanes) is 4. The highest BCUT2D eigenvalue weighted by molar-refractivity contribution is 5.94. The molecular formula is C26H34O6. The van der Waals surface area contributed by atoms with Crippen molar-refractivity contribution >= 4 is 11.9 Å². The van der Waals surface area contributed by atoms with Crippen molar-refractivity contribution in [1.82, 2.24) is 0 Å². The molecule has 0 unspecified atom stereocenters. The number of rotatable bonds is 13. The van der Waals surface area contributed by atoms with E-state index >= 15 is 0 Å². The maximum atomic E-state index is 12.5. The van der Waals surface area contributed by atoms with Gasteiger partial charge in [0.05, 0.1) is 18.3 Å². The number of carbonyl (C=O) groups is 2. The number of benzene rings is 2. The smallest absolute Gasteiger partial charge is 0.343 e. The van der Waals surface area contributed by atoms with Crippen LogP contribution in [0, 0.1) is 0 Å². The summed E-state index contributed by atoms with van der Waals surface area (Å²) in [4.78, 5) is 24.6. The molecule has 1 atom stereocenters. The molecule has 0 bridgehead atoms. The highest BCUT2D eigenvalue weighted by atomic mass is 16.5. The van der Waals surface area contributed by atoms with Gasteiger partial charge in [0.25, 0.3) is 0 Å². The second-order valence-corrected chi connectivity index (χ2v) is 7.86. The lowest BCUT2D eigenvalue weighted by Gasteiger charge is -2.15. The molecule has 0 aliphatic rings. The molecule has 0 spiro atoms. The molecule has 174 valence electrons. The van der Waals surface area contributed by atoms with E-state index in [1.54, 1.807) is 24.3 Å². The van der Waals surface area contributed by atoms with E-state index in [0.29, 0.717) is 11.3 Å². The van der Waals surface area contributed by atoms with Crippen LogP contribution in [0.2, 0.25) is 0 Å². The number of hydrogen-bond acceptors (Lipinski definition) is 6. The van der Waals surface area contributed by atoms with Crippen LogP contribution in [-0.2, 0) is 4.74 Å². The SMILES string of the molecule is CCCCCC[C@@H](C)Oc1ccc(C(=O)Oc2ccc(O)c(C(=O)OCCCC)c2)cc1. The summed E-state index contributed by atoms with van der Waals surface area (Å²) in [5, 5.41) is 9.94. The molecule has 2 aromatic carbocycles. The van der Waals surface area contributed by atoms with Crippen LogP contribution < -0.4 is 9.47 Å². The second-order valence-electron chi connectivity index (χ2n) is 7.86. The van der Waals surface area contributed by atoms with Crippen LogP contribution in [0.15, 0.2) is 42.5 Å². The molecule has 32 heavy (non-hydrogen) atoms. The Hall–Kier alpha value is -3.02. The largest absolute Gasteiger partial charge is 0.507 e. The van der Waals surface area contributed by atoms with Gasteiger partial charge in [0, 0.05) is 0 Å². The van der Waals surface area contributed by atoms with Crippen molar-refractivity contribution in [1.29, 1.82) is 0 Å². The molecule has 0 aliphatic carbocycles. The first kappa shape index (κ1) is 25.2. The number of aromatic hydroxyl groups is 1. The molecule has 6 heteroatoms. The molecule has 0 saturated heterocycles. The molecular weight excluding hydrogens is 408 g/mol. The summed E-state index contributed by atoms with van der Waals surface area (Å²) in [6.07, 6.45) is 7.53. The quantitative estimate of drug-likeness (QED) is 0.222. The monoisotopic (exact) mass is 442 g/mol. The van der Waals surface area contributed by atoms with Crippen molar-refractivity contribution in [2.24, 2.45) is 0 Å². The number of carbonyl (C=O) groups excluding carboxylic acids is 2. The number of phenolic OH excluding ortho intramolecular Hbond substituents is 1. The molecule has 0 fully saturated rings. The molecule has 0 aliphatic heterocycles. The third-order valence-electron chi connectivity index (χ3n) is 5.02. The van der Waals surface area contributed by atoms with Gasteiger partial charge in [0.1, 0.15) is 22.8 Å². The number of phenols is 1. The molecule has 0 aromatic heterocycles. The summed E-state index contributed by atoms with van der Waals surface area (Å²) in [6.45, 7) is 6.49. The number of ether oxygens (including phenoxy) is 3. The van der Waals surface area contributed by atoms with E-state index in [2.05, 4.69) is 6.92 Å². The normalized spacial score (nSPS) is 11.6. The van der Waals surface area contributed by atoms with E-state index in [1.165, 1.54) is 37.5 Å². The lowest BCUT2D eigenvalue weighted by Crippen LogP contribution is -2.12. The van der Waals surface area contributed by atoms with Crippen LogP contribution in [0.4, 0.5) is 0 Å². The molecule has 1 N–H and O–H groups in total. The molecule has 2 aromatic rings. The van der Waals surface area contributed by atoms with Crippen molar-refractivity contribution in [3.8, 4) is 17.2 Å². The minimum atomic E-state index is -0.654. The Labute approximate surface area is 190 Å². The number of esters is 2. The van der Waals surface area contributed by atoms with Gasteiger partial charge in [-0.05, 0) is 68.7 Å². The van der Waals surface area contributed by atoms with Crippen LogP contribution in [-0.4, -0.2) is 29.8 Å². The van der Waals surface area contributed by atoms with Crippen molar-refractivity contribution in [3.05, 3.63) is 53.6 Å². The first-order chi connectivity index (χ1) is 15.4. The zero-order valence-electron chi connectivity index (χ0n) is 19.3. The van der Waals surface area contributed by atoms with Gasteiger partial charge in [0.2, 0.25) is 0 Å². The van der Waals surface area contributed by atoms with Crippen LogP contribution in [0.3, 0.4) is 0 Å². The minimum Gasteiger partial charge on any atom is -0.507 e. The Balaban J connectivity index is 1.93. The lowest BCUT2D eigenvalue weighted by molar-refractivity contribution is 0.0494. The Bertz CT molecular complexity index is 859.